The summed E-state index contributed by atoms with van der Waals surface area (Å²) in [7, 11) is 0. The smallest absolute Gasteiger partial charge is 0.163 e. The van der Waals surface area contributed by atoms with Gasteiger partial charge in [0.05, 0.1) is 11.3 Å². The van der Waals surface area contributed by atoms with Crippen LogP contribution in [0.25, 0.3) is 11.1 Å². The highest BCUT2D eigenvalue weighted by atomic mass is 16.5. The van der Waals surface area contributed by atoms with E-state index in [0.29, 0.717) is 5.41 Å². The lowest BCUT2D eigenvalue weighted by molar-refractivity contribution is -0.138. The lowest BCUT2D eigenvalue weighted by Gasteiger charge is -2.41. The molecule has 0 amide bonds. The van der Waals surface area contributed by atoms with Crippen LogP contribution in [0.5, 0.6) is 0 Å². The van der Waals surface area contributed by atoms with Crippen LogP contribution in [-0.4, -0.2) is 42.5 Å². The molecule has 238 valence electrons. The molecule has 0 radical (unpaired) electrons. The van der Waals surface area contributed by atoms with Crippen molar-refractivity contribution in [1.82, 2.24) is 4.98 Å². The van der Waals surface area contributed by atoms with E-state index in [4.69, 9.17) is 9.72 Å². The van der Waals surface area contributed by atoms with Gasteiger partial charge in [-0.2, -0.15) is 0 Å². The topological polar surface area (TPSA) is 45.7 Å². The van der Waals surface area contributed by atoms with Gasteiger partial charge in [0.15, 0.2) is 5.78 Å². The molecule has 0 aliphatic carbocycles. The first-order valence-corrected chi connectivity index (χ1v) is 16.5. The largest absolute Gasteiger partial charge is 0.371 e. The molecule has 1 saturated heterocycles. The van der Waals surface area contributed by atoms with E-state index in [1.807, 2.05) is 27.7 Å². The fourth-order valence-corrected chi connectivity index (χ4v) is 6.37. The van der Waals surface area contributed by atoms with Crippen molar-refractivity contribution in [2.24, 2.45) is 5.41 Å². The molecule has 1 aromatic heterocycles. The van der Waals surface area contributed by atoms with Gasteiger partial charge < -0.3 is 14.5 Å². The van der Waals surface area contributed by atoms with E-state index in [2.05, 4.69) is 92.9 Å². The molecule has 1 atom stereocenters. The van der Waals surface area contributed by atoms with E-state index in [-0.39, 0.29) is 5.78 Å². The van der Waals surface area contributed by atoms with Gasteiger partial charge in [-0.3, -0.25) is 9.78 Å². The quantitative estimate of drug-likeness (QED) is 0.220. The molecule has 0 spiro atoms. The molecule has 5 nitrogen and oxygen atoms in total. The molecule has 1 aliphatic rings. The number of anilines is 2. The van der Waals surface area contributed by atoms with Crippen LogP contribution in [0.15, 0.2) is 48.5 Å². The molecule has 44 heavy (non-hydrogen) atoms. The molecule has 2 aromatic carbocycles. The summed E-state index contributed by atoms with van der Waals surface area (Å²) in [6.45, 7) is 24.8. The van der Waals surface area contributed by atoms with Crippen molar-refractivity contribution in [3.63, 3.8) is 0 Å². The Morgan fingerprint density at radius 2 is 1.57 bits per heavy atom. The summed E-state index contributed by atoms with van der Waals surface area (Å²) >= 11 is 0. The highest BCUT2D eigenvalue weighted by Gasteiger charge is 2.35. The predicted molar refractivity (Wildman–Crippen MR) is 186 cm³/mol. The number of carbonyl (C=O) groups is 1. The Bertz CT molecular complexity index is 1410. The van der Waals surface area contributed by atoms with E-state index in [9.17, 15) is 4.79 Å². The lowest BCUT2D eigenvalue weighted by Crippen LogP contribution is -2.39. The average molecular weight is 598 g/mol. The summed E-state index contributed by atoms with van der Waals surface area (Å²) in [5, 5.41) is 0. The second kappa shape index (κ2) is 13.9. The molecule has 1 aliphatic heterocycles. The first-order chi connectivity index (χ1) is 20.7. The number of aromatic nitrogens is 1. The SMILES string of the molecule is CCCN(CCc1ccc(C)cc1)c1ccc(-c2c(C)nc(C)c([C@H](OC(C)(C)C)C(C)=O)c2N2CCC(C)(C)CC2)cc1. The van der Waals surface area contributed by atoms with Crippen molar-refractivity contribution in [2.45, 2.75) is 107 Å². The Hall–Kier alpha value is -3.18. The third-order valence-corrected chi connectivity index (χ3v) is 8.92. The number of pyridine rings is 1. The number of aryl methyl sites for hydroxylation is 3. The number of hydrogen-bond donors (Lipinski definition) is 0. The molecule has 0 N–H and O–H groups in total. The van der Waals surface area contributed by atoms with Crippen LogP contribution >= 0.6 is 0 Å². The standard InChI is InChI=1S/C39H55N3O2/c1-11-23-41(24-20-31-14-12-27(2)13-15-31)33-18-16-32(17-19-33)34-28(3)40-29(4)35(37(30(5)43)44-38(6,7)8)36(34)42-25-21-39(9,10)22-26-42/h12-19,37H,11,20-26H2,1-10H3/t37-/m1/s1. The number of piperidine rings is 1. The van der Waals surface area contributed by atoms with Gasteiger partial charge in [0.1, 0.15) is 6.10 Å². The normalized spacial score (nSPS) is 15.7. The van der Waals surface area contributed by atoms with Crippen LogP contribution in [0.4, 0.5) is 11.4 Å². The van der Waals surface area contributed by atoms with E-state index in [1.165, 1.54) is 16.8 Å². The van der Waals surface area contributed by atoms with Gasteiger partial charge >= 0.3 is 0 Å². The van der Waals surface area contributed by atoms with Crippen molar-refractivity contribution in [2.75, 3.05) is 36.0 Å². The van der Waals surface area contributed by atoms with Gasteiger partial charge in [-0.25, -0.2) is 0 Å². The summed E-state index contributed by atoms with van der Waals surface area (Å²) in [4.78, 5) is 23.3. The maximum absolute atomic E-state index is 13.2. The summed E-state index contributed by atoms with van der Waals surface area (Å²) in [5.41, 5.74) is 9.88. The van der Waals surface area contributed by atoms with Gasteiger partial charge in [-0.15, -0.1) is 0 Å². The van der Waals surface area contributed by atoms with E-state index in [0.717, 1.165) is 85.6 Å². The van der Waals surface area contributed by atoms with Gasteiger partial charge in [-0.1, -0.05) is 62.7 Å². The van der Waals surface area contributed by atoms with E-state index in [1.54, 1.807) is 6.92 Å². The molecular weight excluding hydrogens is 542 g/mol. The van der Waals surface area contributed by atoms with Crippen molar-refractivity contribution < 1.29 is 9.53 Å². The highest BCUT2D eigenvalue weighted by Crippen LogP contribution is 2.45. The van der Waals surface area contributed by atoms with Crippen LogP contribution in [0.1, 0.15) is 102 Å². The van der Waals surface area contributed by atoms with Gasteiger partial charge in [0.25, 0.3) is 0 Å². The minimum Gasteiger partial charge on any atom is -0.371 e. The van der Waals surface area contributed by atoms with Crippen LogP contribution in [0.2, 0.25) is 0 Å². The zero-order valence-corrected chi connectivity index (χ0v) is 29.0. The van der Waals surface area contributed by atoms with Crippen LogP contribution in [0.3, 0.4) is 0 Å². The fourth-order valence-electron chi connectivity index (χ4n) is 6.37. The summed E-state index contributed by atoms with van der Waals surface area (Å²) in [6, 6.07) is 17.9. The highest BCUT2D eigenvalue weighted by molar-refractivity contribution is 5.90. The maximum Gasteiger partial charge on any atom is 0.163 e. The van der Waals surface area contributed by atoms with Crippen molar-refractivity contribution in [3.05, 3.63) is 76.6 Å². The summed E-state index contributed by atoms with van der Waals surface area (Å²) in [6.07, 6.45) is 3.64. The number of nitrogens with zero attached hydrogens (tertiary/aromatic N) is 3. The summed E-state index contributed by atoms with van der Waals surface area (Å²) in [5.74, 6) is 0.0114. The molecular formula is C39H55N3O2. The minimum absolute atomic E-state index is 0.0114. The van der Waals surface area contributed by atoms with E-state index >= 15 is 0 Å². The van der Waals surface area contributed by atoms with Crippen molar-refractivity contribution in [3.8, 4) is 11.1 Å². The molecule has 0 bridgehead atoms. The molecule has 1 fully saturated rings. The monoisotopic (exact) mass is 597 g/mol. The molecule has 0 unspecified atom stereocenters. The number of ketones is 1. The number of benzene rings is 2. The zero-order chi connectivity index (χ0) is 32.2. The Labute approximate surface area is 267 Å². The van der Waals surface area contributed by atoms with Crippen LogP contribution in [0, 0.1) is 26.2 Å². The minimum atomic E-state index is -0.673. The second-order valence-electron chi connectivity index (χ2n) is 14.6. The van der Waals surface area contributed by atoms with Gasteiger partial charge in [-0.05, 0) is 103 Å². The number of Topliss-reactive ketones (excluding diaryl/α,β-unsaturated/α-hetero) is 1. The molecule has 4 rings (SSSR count). The van der Waals surface area contributed by atoms with Crippen LogP contribution in [-0.2, 0) is 16.0 Å². The van der Waals surface area contributed by atoms with Crippen LogP contribution < -0.4 is 9.80 Å². The Balaban J connectivity index is 1.77. The van der Waals surface area contributed by atoms with E-state index < -0.39 is 11.7 Å². The van der Waals surface area contributed by atoms with Crippen molar-refractivity contribution in [1.29, 1.82) is 0 Å². The van der Waals surface area contributed by atoms with Crippen molar-refractivity contribution >= 4 is 17.2 Å². The predicted octanol–water partition coefficient (Wildman–Crippen LogP) is 9.20. The second-order valence-corrected chi connectivity index (χ2v) is 14.6. The number of carbonyl (C=O) groups excluding carboxylic acids is 1. The third-order valence-electron chi connectivity index (χ3n) is 8.92. The van der Waals surface area contributed by atoms with Gasteiger partial charge in [0, 0.05) is 54.4 Å². The number of hydrogen-bond acceptors (Lipinski definition) is 5. The molecule has 5 heteroatoms. The molecule has 3 aromatic rings. The Morgan fingerprint density at radius 3 is 2.11 bits per heavy atom. The number of rotatable bonds is 11. The molecule has 0 saturated carbocycles. The first-order valence-electron chi connectivity index (χ1n) is 16.5. The fraction of sp³-hybridized carbons (Fsp3) is 0.538. The number of ether oxygens (including phenoxy) is 1. The molecule has 2 heterocycles. The Kier molecular flexibility index (Phi) is 10.6. The zero-order valence-electron chi connectivity index (χ0n) is 29.0. The summed E-state index contributed by atoms with van der Waals surface area (Å²) < 4.78 is 6.49. The first kappa shape index (κ1) is 33.7. The third kappa shape index (κ3) is 8.29. The average Bonchev–Trinajstić information content (AvgIpc) is 2.94. The Morgan fingerprint density at radius 1 is 0.955 bits per heavy atom. The van der Waals surface area contributed by atoms with Gasteiger partial charge in [0.2, 0.25) is 0 Å². The lowest BCUT2D eigenvalue weighted by atomic mass is 9.81. The maximum atomic E-state index is 13.2.